The van der Waals surface area contributed by atoms with Gasteiger partial charge in [-0.15, -0.1) is 0 Å². The van der Waals surface area contributed by atoms with E-state index in [4.69, 9.17) is 9.83 Å². The summed E-state index contributed by atoms with van der Waals surface area (Å²) in [6.45, 7) is 1.88. The Morgan fingerprint density at radius 1 is 1.13 bits per heavy atom. The first kappa shape index (κ1) is 15.6. The van der Waals surface area contributed by atoms with E-state index in [0.29, 0.717) is 17.9 Å². The molecule has 0 saturated heterocycles. The minimum atomic E-state index is -0.771. The van der Waals surface area contributed by atoms with Crippen LogP contribution in [0.2, 0.25) is 0 Å². The largest absolute Gasteiger partial charge is 0.467 e. The van der Waals surface area contributed by atoms with Crippen LogP contribution in [0.3, 0.4) is 0 Å². The number of furan rings is 1. The SMILES string of the molecule is CN(C)CCn1c(=N)n(C[C@@H](O)c2ccco2)c2ccccc21. The van der Waals surface area contributed by atoms with Crippen molar-refractivity contribution in [1.29, 1.82) is 5.41 Å². The number of rotatable bonds is 6. The Labute approximate surface area is 134 Å². The minimum absolute atomic E-state index is 0.293. The molecule has 6 nitrogen and oxygen atoms in total. The standard InChI is InChI=1S/C17H22N4O2/c1-19(2)9-10-20-13-6-3-4-7-14(13)21(17(20)18)12-15(22)16-8-5-11-23-16/h3-8,11,15,18,22H,9-10,12H2,1-2H3/t15-/m1/s1. The van der Waals surface area contributed by atoms with Gasteiger partial charge in [-0.2, -0.15) is 0 Å². The predicted octanol–water partition coefficient (Wildman–Crippen LogP) is 1.81. The molecule has 122 valence electrons. The van der Waals surface area contributed by atoms with Crippen molar-refractivity contribution in [3.8, 4) is 0 Å². The lowest BCUT2D eigenvalue weighted by Gasteiger charge is -2.11. The Balaban J connectivity index is 1.99. The van der Waals surface area contributed by atoms with Gasteiger partial charge in [0.2, 0.25) is 5.62 Å². The van der Waals surface area contributed by atoms with E-state index in [1.807, 2.05) is 47.5 Å². The first-order chi connectivity index (χ1) is 11.1. The molecule has 0 aliphatic rings. The summed E-state index contributed by atoms with van der Waals surface area (Å²) in [5.74, 6) is 0.516. The highest BCUT2D eigenvalue weighted by atomic mass is 16.4. The van der Waals surface area contributed by atoms with Gasteiger partial charge in [0.1, 0.15) is 11.9 Å². The van der Waals surface area contributed by atoms with Crippen LogP contribution >= 0.6 is 0 Å². The second-order valence-electron chi connectivity index (χ2n) is 5.91. The molecule has 0 amide bonds. The van der Waals surface area contributed by atoms with Crippen LogP contribution in [0.1, 0.15) is 11.9 Å². The van der Waals surface area contributed by atoms with Crippen molar-refractivity contribution in [2.75, 3.05) is 20.6 Å². The molecule has 2 N–H and O–H groups in total. The van der Waals surface area contributed by atoms with E-state index in [9.17, 15) is 5.11 Å². The van der Waals surface area contributed by atoms with Gasteiger partial charge in [-0.3, -0.25) is 5.41 Å². The summed E-state index contributed by atoms with van der Waals surface area (Å²) >= 11 is 0. The molecule has 0 fully saturated rings. The van der Waals surface area contributed by atoms with E-state index in [1.165, 1.54) is 0 Å². The highest BCUT2D eigenvalue weighted by Gasteiger charge is 2.16. The maximum absolute atomic E-state index is 10.4. The number of nitrogens with one attached hydrogen (secondary N) is 1. The van der Waals surface area contributed by atoms with E-state index in [0.717, 1.165) is 24.1 Å². The van der Waals surface area contributed by atoms with Gasteiger partial charge in [-0.25, -0.2) is 0 Å². The summed E-state index contributed by atoms with van der Waals surface area (Å²) in [7, 11) is 4.04. The third-order valence-corrected chi connectivity index (χ3v) is 3.97. The monoisotopic (exact) mass is 314 g/mol. The average molecular weight is 314 g/mol. The Kier molecular flexibility index (Phi) is 4.36. The molecule has 0 saturated carbocycles. The van der Waals surface area contributed by atoms with Crippen molar-refractivity contribution >= 4 is 11.0 Å². The molecule has 0 radical (unpaired) electrons. The summed E-state index contributed by atoms with van der Waals surface area (Å²) in [6.07, 6.45) is 0.776. The van der Waals surface area contributed by atoms with E-state index in [2.05, 4.69) is 4.90 Å². The van der Waals surface area contributed by atoms with Crippen LogP contribution in [0, 0.1) is 5.41 Å². The molecular weight excluding hydrogens is 292 g/mol. The normalized spacial score (nSPS) is 13.0. The quantitative estimate of drug-likeness (QED) is 0.729. The topological polar surface area (TPSA) is 70.3 Å². The number of hydrogen-bond acceptors (Lipinski definition) is 4. The number of hydrogen-bond donors (Lipinski definition) is 2. The molecule has 6 heteroatoms. The van der Waals surface area contributed by atoms with E-state index in [1.54, 1.807) is 18.4 Å². The van der Waals surface area contributed by atoms with Crippen LogP contribution in [0.15, 0.2) is 47.1 Å². The summed E-state index contributed by atoms with van der Waals surface area (Å²) in [4.78, 5) is 2.09. The van der Waals surface area contributed by atoms with Gasteiger partial charge in [0.25, 0.3) is 0 Å². The van der Waals surface area contributed by atoms with Gasteiger partial charge in [0.05, 0.1) is 23.8 Å². The highest BCUT2D eigenvalue weighted by molar-refractivity contribution is 5.75. The molecule has 0 aliphatic carbocycles. The number of nitrogens with zero attached hydrogens (tertiary/aromatic N) is 3. The van der Waals surface area contributed by atoms with Gasteiger partial charge >= 0.3 is 0 Å². The second kappa shape index (κ2) is 6.44. The summed E-state index contributed by atoms with van der Waals surface area (Å²) in [5, 5.41) is 18.9. The van der Waals surface area contributed by atoms with Gasteiger partial charge in [0.15, 0.2) is 0 Å². The Hall–Kier alpha value is -2.31. The second-order valence-corrected chi connectivity index (χ2v) is 5.91. The lowest BCUT2D eigenvalue weighted by Crippen LogP contribution is -2.29. The maximum atomic E-state index is 10.4. The number of aliphatic hydroxyl groups excluding tert-OH is 1. The molecule has 1 atom stereocenters. The summed E-state index contributed by atoms with van der Waals surface area (Å²) in [5.41, 5.74) is 2.34. The van der Waals surface area contributed by atoms with Crippen LogP contribution in [-0.2, 0) is 13.1 Å². The van der Waals surface area contributed by atoms with Gasteiger partial charge in [-0.05, 0) is 38.4 Å². The predicted molar refractivity (Wildman–Crippen MR) is 88.0 cm³/mol. The molecule has 0 spiro atoms. The molecule has 23 heavy (non-hydrogen) atoms. The number of likely N-dealkylation sites (N-methyl/N-ethyl adjacent to an activating group) is 1. The fraction of sp³-hybridized carbons (Fsp3) is 0.353. The molecular formula is C17H22N4O2. The average Bonchev–Trinajstić information content (AvgIpc) is 3.14. The molecule has 2 aromatic heterocycles. The van der Waals surface area contributed by atoms with Crippen molar-refractivity contribution in [3.63, 3.8) is 0 Å². The van der Waals surface area contributed by atoms with Gasteiger partial charge < -0.3 is 23.6 Å². The third-order valence-electron chi connectivity index (χ3n) is 3.97. The lowest BCUT2D eigenvalue weighted by atomic mass is 10.2. The number of fused-ring (bicyclic) bond motifs is 1. The van der Waals surface area contributed by atoms with Crippen LogP contribution in [-0.4, -0.2) is 39.8 Å². The van der Waals surface area contributed by atoms with Crippen LogP contribution in [0.5, 0.6) is 0 Å². The van der Waals surface area contributed by atoms with Crippen LogP contribution in [0.25, 0.3) is 11.0 Å². The molecule has 3 rings (SSSR count). The molecule has 1 aromatic carbocycles. The fourth-order valence-corrected chi connectivity index (χ4v) is 2.75. The zero-order chi connectivity index (χ0) is 16.4. The molecule has 3 aromatic rings. The third kappa shape index (κ3) is 3.09. The molecule has 0 unspecified atom stereocenters. The smallest absolute Gasteiger partial charge is 0.203 e. The Bertz CT molecular complexity index is 830. The molecule has 2 heterocycles. The fourth-order valence-electron chi connectivity index (χ4n) is 2.75. The summed E-state index contributed by atoms with van der Waals surface area (Å²) < 4.78 is 9.08. The first-order valence-corrected chi connectivity index (χ1v) is 7.67. The summed E-state index contributed by atoms with van der Waals surface area (Å²) in [6, 6.07) is 11.4. The zero-order valence-corrected chi connectivity index (χ0v) is 13.4. The van der Waals surface area contributed by atoms with E-state index >= 15 is 0 Å². The number of aliphatic hydroxyl groups is 1. The number of benzene rings is 1. The number of aromatic nitrogens is 2. The van der Waals surface area contributed by atoms with Gasteiger partial charge in [0, 0.05) is 13.1 Å². The highest BCUT2D eigenvalue weighted by Crippen LogP contribution is 2.19. The molecule has 0 bridgehead atoms. The molecule has 0 aliphatic heterocycles. The maximum Gasteiger partial charge on any atom is 0.203 e. The Morgan fingerprint density at radius 3 is 2.43 bits per heavy atom. The Morgan fingerprint density at radius 2 is 1.83 bits per heavy atom. The first-order valence-electron chi connectivity index (χ1n) is 7.67. The van der Waals surface area contributed by atoms with E-state index < -0.39 is 6.10 Å². The lowest BCUT2D eigenvalue weighted by molar-refractivity contribution is 0.129. The zero-order valence-electron chi connectivity index (χ0n) is 13.4. The van der Waals surface area contributed by atoms with E-state index in [-0.39, 0.29) is 0 Å². The van der Waals surface area contributed by atoms with Crippen molar-refractivity contribution in [2.45, 2.75) is 19.2 Å². The number of para-hydroxylation sites is 2. The number of imidazole rings is 1. The van der Waals surface area contributed by atoms with Gasteiger partial charge in [-0.1, -0.05) is 12.1 Å². The van der Waals surface area contributed by atoms with Crippen LogP contribution in [0.4, 0.5) is 0 Å². The van der Waals surface area contributed by atoms with Crippen molar-refractivity contribution in [1.82, 2.24) is 14.0 Å². The van der Waals surface area contributed by atoms with Crippen LogP contribution < -0.4 is 5.62 Å². The van der Waals surface area contributed by atoms with Crippen molar-refractivity contribution < 1.29 is 9.52 Å². The van der Waals surface area contributed by atoms with Crippen molar-refractivity contribution in [2.24, 2.45) is 0 Å². The van der Waals surface area contributed by atoms with Crippen molar-refractivity contribution in [3.05, 3.63) is 54.0 Å². The minimum Gasteiger partial charge on any atom is -0.467 e.